The highest BCUT2D eigenvalue weighted by Crippen LogP contribution is 2.18. The van der Waals surface area contributed by atoms with Crippen molar-refractivity contribution in [2.24, 2.45) is 0 Å². The minimum absolute atomic E-state index is 0.199. The Kier molecular flexibility index (Phi) is 4.73. The summed E-state index contributed by atoms with van der Waals surface area (Å²) in [5.74, 6) is 0.968. The second kappa shape index (κ2) is 7.20. The number of hydrogen-bond donors (Lipinski definition) is 0. The van der Waals surface area contributed by atoms with Crippen LogP contribution < -0.4 is 0 Å². The minimum Gasteiger partial charge on any atom is -0.224 e. The standard InChI is InChI=1S/C16H13BrN8O2S/c1-28(26,27)14-8-6-13(7-9-14)25-15(18-21-23-25)10-24-20-16(19-22-24)11-2-4-12(17)5-3-11/h2-9H,10H2,1H3. The number of aromatic nitrogens is 8. The molecule has 2 aromatic heterocycles. The summed E-state index contributed by atoms with van der Waals surface area (Å²) in [6, 6.07) is 13.9. The van der Waals surface area contributed by atoms with Gasteiger partial charge in [-0.1, -0.05) is 15.9 Å². The predicted molar refractivity (Wildman–Crippen MR) is 102 cm³/mol. The monoisotopic (exact) mass is 460 g/mol. The zero-order chi connectivity index (χ0) is 19.7. The lowest BCUT2D eigenvalue weighted by atomic mass is 10.2. The van der Waals surface area contributed by atoms with Gasteiger partial charge in [0.15, 0.2) is 15.7 Å². The Labute approximate surface area is 168 Å². The molecule has 0 amide bonds. The maximum Gasteiger partial charge on any atom is 0.204 e. The van der Waals surface area contributed by atoms with Crippen LogP contribution in [0.3, 0.4) is 0 Å². The molecule has 2 heterocycles. The van der Waals surface area contributed by atoms with Crippen molar-refractivity contribution in [3.8, 4) is 17.1 Å². The number of hydrogen-bond acceptors (Lipinski definition) is 8. The molecule has 0 aliphatic rings. The Morgan fingerprint density at radius 1 is 0.964 bits per heavy atom. The molecule has 0 aliphatic heterocycles. The second-order valence-corrected chi connectivity index (χ2v) is 8.85. The normalized spacial score (nSPS) is 11.6. The van der Waals surface area contributed by atoms with Gasteiger partial charge in [0.2, 0.25) is 5.82 Å². The van der Waals surface area contributed by atoms with E-state index < -0.39 is 9.84 Å². The highest BCUT2D eigenvalue weighted by molar-refractivity contribution is 9.10. The summed E-state index contributed by atoms with van der Waals surface area (Å²) in [6.45, 7) is 0.199. The van der Waals surface area contributed by atoms with Crippen molar-refractivity contribution in [1.29, 1.82) is 0 Å². The van der Waals surface area contributed by atoms with E-state index in [9.17, 15) is 8.42 Å². The van der Waals surface area contributed by atoms with Crippen molar-refractivity contribution < 1.29 is 8.42 Å². The van der Waals surface area contributed by atoms with Crippen LogP contribution in [0.2, 0.25) is 0 Å². The molecular formula is C16H13BrN8O2S. The summed E-state index contributed by atoms with van der Waals surface area (Å²) in [5, 5.41) is 24.1. The summed E-state index contributed by atoms with van der Waals surface area (Å²) < 4.78 is 25.7. The van der Waals surface area contributed by atoms with Gasteiger partial charge < -0.3 is 0 Å². The molecule has 0 N–H and O–H groups in total. The van der Waals surface area contributed by atoms with E-state index >= 15 is 0 Å². The molecule has 0 aliphatic carbocycles. The van der Waals surface area contributed by atoms with E-state index in [1.807, 2.05) is 24.3 Å². The van der Waals surface area contributed by atoms with Crippen molar-refractivity contribution in [1.82, 2.24) is 40.4 Å². The van der Waals surface area contributed by atoms with Gasteiger partial charge >= 0.3 is 0 Å². The SMILES string of the molecule is CS(=O)(=O)c1ccc(-n2nnnc2Cn2nnc(-c3ccc(Br)cc3)n2)cc1. The number of sulfone groups is 1. The number of halogens is 1. The zero-order valence-corrected chi connectivity index (χ0v) is 16.9. The summed E-state index contributed by atoms with van der Waals surface area (Å²) in [4.78, 5) is 1.62. The van der Waals surface area contributed by atoms with Crippen molar-refractivity contribution >= 4 is 25.8 Å². The van der Waals surface area contributed by atoms with Crippen LogP contribution in [-0.2, 0) is 16.4 Å². The Hall–Kier alpha value is -2.99. The number of nitrogens with zero attached hydrogens (tertiary/aromatic N) is 8. The van der Waals surface area contributed by atoms with Crippen molar-refractivity contribution in [2.45, 2.75) is 11.4 Å². The van der Waals surface area contributed by atoms with Gasteiger partial charge in [0, 0.05) is 16.3 Å². The van der Waals surface area contributed by atoms with E-state index in [1.165, 1.54) is 21.6 Å². The molecule has 4 aromatic rings. The van der Waals surface area contributed by atoms with Crippen LogP contribution in [0.4, 0.5) is 0 Å². The molecule has 0 saturated heterocycles. The second-order valence-electron chi connectivity index (χ2n) is 5.92. The maximum atomic E-state index is 11.6. The first-order valence-electron chi connectivity index (χ1n) is 8.02. The summed E-state index contributed by atoms with van der Waals surface area (Å²) in [6.07, 6.45) is 1.16. The Bertz CT molecular complexity index is 1220. The average Bonchev–Trinajstić information content (AvgIpc) is 3.32. The van der Waals surface area contributed by atoms with E-state index in [0.29, 0.717) is 17.3 Å². The lowest BCUT2D eigenvalue weighted by Gasteiger charge is -2.05. The van der Waals surface area contributed by atoms with Crippen LogP contribution in [0.15, 0.2) is 57.9 Å². The maximum absolute atomic E-state index is 11.6. The minimum atomic E-state index is -3.27. The molecule has 0 unspecified atom stereocenters. The fourth-order valence-corrected chi connectivity index (χ4v) is 3.39. The molecule has 142 valence electrons. The molecule has 4 rings (SSSR count). The summed E-state index contributed by atoms with van der Waals surface area (Å²) in [5.41, 5.74) is 1.46. The van der Waals surface area contributed by atoms with Crippen molar-refractivity contribution in [2.75, 3.05) is 6.26 Å². The first-order chi connectivity index (χ1) is 13.4. The number of tetrazole rings is 2. The Morgan fingerprint density at radius 2 is 1.68 bits per heavy atom. The van der Waals surface area contributed by atoms with Gasteiger partial charge in [-0.3, -0.25) is 0 Å². The van der Waals surface area contributed by atoms with Crippen molar-refractivity contribution in [3.05, 3.63) is 58.8 Å². The largest absolute Gasteiger partial charge is 0.224 e. The molecule has 0 saturated carbocycles. The van der Waals surface area contributed by atoms with E-state index in [-0.39, 0.29) is 11.4 Å². The zero-order valence-electron chi connectivity index (χ0n) is 14.5. The first kappa shape index (κ1) is 18.4. The fourth-order valence-electron chi connectivity index (χ4n) is 2.49. The predicted octanol–water partition coefficient (Wildman–Crippen LogP) is 1.53. The highest BCUT2D eigenvalue weighted by Gasteiger charge is 2.13. The van der Waals surface area contributed by atoms with E-state index in [4.69, 9.17) is 0 Å². The van der Waals surface area contributed by atoms with E-state index in [1.54, 1.807) is 12.1 Å². The molecule has 0 fully saturated rings. The van der Waals surface area contributed by atoms with Gasteiger partial charge in [-0.15, -0.1) is 15.3 Å². The van der Waals surface area contributed by atoms with Gasteiger partial charge in [0.05, 0.1) is 10.6 Å². The van der Waals surface area contributed by atoms with Crippen LogP contribution in [0.1, 0.15) is 5.82 Å². The van der Waals surface area contributed by atoms with Crippen LogP contribution in [0, 0.1) is 0 Å². The lowest BCUT2D eigenvalue weighted by molar-refractivity contribution is 0.545. The van der Waals surface area contributed by atoms with Gasteiger partial charge in [0.1, 0.15) is 6.54 Å². The Morgan fingerprint density at radius 3 is 2.36 bits per heavy atom. The lowest BCUT2D eigenvalue weighted by Crippen LogP contribution is -2.11. The molecule has 0 spiro atoms. The molecular weight excluding hydrogens is 448 g/mol. The molecule has 12 heteroatoms. The van der Waals surface area contributed by atoms with Crippen molar-refractivity contribution in [3.63, 3.8) is 0 Å². The van der Waals surface area contributed by atoms with Crippen LogP contribution in [0.25, 0.3) is 17.1 Å². The fraction of sp³-hybridized carbons (Fsp3) is 0.125. The molecule has 28 heavy (non-hydrogen) atoms. The average molecular weight is 461 g/mol. The molecule has 10 nitrogen and oxygen atoms in total. The van der Waals surface area contributed by atoms with Gasteiger partial charge in [-0.05, 0) is 64.2 Å². The van der Waals surface area contributed by atoms with Crippen LogP contribution in [0.5, 0.6) is 0 Å². The van der Waals surface area contributed by atoms with Crippen LogP contribution >= 0.6 is 15.9 Å². The molecule has 0 radical (unpaired) electrons. The van der Waals surface area contributed by atoms with E-state index in [2.05, 4.69) is 46.9 Å². The van der Waals surface area contributed by atoms with Gasteiger partial charge in [0.25, 0.3) is 0 Å². The van der Waals surface area contributed by atoms with Gasteiger partial charge in [-0.25, -0.2) is 8.42 Å². The number of rotatable bonds is 5. The van der Waals surface area contributed by atoms with Crippen LogP contribution in [-0.4, -0.2) is 55.1 Å². The number of benzene rings is 2. The Balaban J connectivity index is 1.58. The highest BCUT2D eigenvalue weighted by atomic mass is 79.9. The third-order valence-corrected chi connectivity index (χ3v) is 5.54. The quantitative estimate of drug-likeness (QED) is 0.439. The first-order valence-corrected chi connectivity index (χ1v) is 10.7. The molecule has 0 atom stereocenters. The third kappa shape index (κ3) is 3.82. The third-order valence-electron chi connectivity index (χ3n) is 3.88. The summed E-state index contributed by atoms with van der Waals surface area (Å²) in [7, 11) is -3.27. The van der Waals surface area contributed by atoms with Gasteiger partial charge in [-0.2, -0.15) is 9.48 Å². The molecule has 0 bridgehead atoms. The topological polar surface area (TPSA) is 121 Å². The molecule has 2 aromatic carbocycles. The summed E-state index contributed by atoms with van der Waals surface area (Å²) >= 11 is 3.39. The smallest absolute Gasteiger partial charge is 0.204 e. The van der Waals surface area contributed by atoms with E-state index in [0.717, 1.165) is 16.3 Å².